The molecule has 1 atom stereocenters. The molecule has 0 fully saturated rings. The Hall–Kier alpha value is -0.940. The lowest BCUT2D eigenvalue weighted by molar-refractivity contribution is -0.139. The molecular formula is C10H9BrFNO2. The highest BCUT2D eigenvalue weighted by Gasteiger charge is 2.25. The third-order valence-electron chi connectivity index (χ3n) is 2.54. The first-order chi connectivity index (χ1) is 7.09. The minimum atomic E-state index is -0.874. The number of aliphatic carboxylic acids is 1. The number of hydrogen-bond donors (Lipinski definition) is 2. The van der Waals surface area contributed by atoms with Crippen LogP contribution in [0.5, 0.6) is 0 Å². The molecule has 15 heavy (non-hydrogen) atoms. The topological polar surface area (TPSA) is 49.3 Å². The third kappa shape index (κ3) is 1.89. The average Bonchev–Trinajstić information content (AvgIpc) is 2.23. The van der Waals surface area contributed by atoms with Crippen molar-refractivity contribution in [3.63, 3.8) is 0 Å². The van der Waals surface area contributed by atoms with E-state index in [0.717, 1.165) is 11.1 Å². The highest BCUT2D eigenvalue weighted by atomic mass is 79.9. The molecule has 1 aromatic rings. The van der Waals surface area contributed by atoms with Crippen LogP contribution in [-0.4, -0.2) is 17.1 Å². The molecule has 0 aromatic heterocycles. The molecule has 3 nitrogen and oxygen atoms in total. The molecule has 0 radical (unpaired) electrons. The lowest BCUT2D eigenvalue weighted by Crippen LogP contribution is -2.41. The van der Waals surface area contributed by atoms with Gasteiger partial charge in [0.2, 0.25) is 0 Å². The van der Waals surface area contributed by atoms with Crippen molar-refractivity contribution in [3.05, 3.63) is 33.5 Å². The number of carboxylic acid groups (broad SMARTS) is 1. The lowest BCUT2D eigenvalue weighted by atomic mass is 9.96. The van der Waals surface area contributed by atoms with Crippen molar-refractivity contribution in [2.45, 2.75) is 19.0 Å². The van der Waals surface area contributed by atoms with Crippen molar-refractivity contribution in [1.82, 2.24) is 5.32 Å². The number of carbonyl (C=O) groups is 1. The normalized spacial score (nSPS) is 19.7. The molecule has 0 spiro atoms. The van der Waals surface area contributed by atoms with Crippen LogP contribution in [0.25, 0.3) is 0 Å². The van der Waals surface area contributed by atoms with Gasteiger partial charge in [-0.15, -0.1) is 0 Å². The maximum absolute atomic E-state index is 13.2. The van der Waals surface area contributed by atoms with Gasteiger partial charge in [0, 0.05) is 6.54 Å². The minimum Gasteiger partial charge on any atom is -0.480 e. The Morgan fingerprint density at radius 1 is 1.60 bits per heavy atom. The van der Waals surface area contributed by atoms with E-state index in [1.54, 1.807) is 6.07 Å². The largest absolute Gasteiger partial charge is 0.480 e. The zero-order valence-electron chi connectivity index (χ0n) is 7.76. The molecule has 0 saturated carbocycles. The van der Waals surface area contributed by atoms with Crippen LogP contribution in [-0.2, 0) is 17.8 Å². The first-order valence-corrected chi connectivity index (χ1v) is 5.31. The molecule has 5 heteroatoms. The SMILES string of the molecule is O=C(O)C1Cc2ccc(F)c(Br)c2CN1. The van der Waals surface area contributed by atoms with Gasteiger partial charge in [-0.1, -0.05) is 6.07 Å². The predicted octanol–water partition coefficient (Wildman–Crippen LogP) is 1.69. The van der Waals surface area contributed by atoms with Crippen LogP contribution in [0.15, 0.2) is 16.6 Å². The second-order valence-electron chi connectivity index (χ2n) is 3.47. The van der Waals surface area contributed by atoms with Crippen LogP contribution in [0, 0.1) is 5.82 Å². The first-order valence-electron chi connectivity index (χ1n) is 4.51. The molecule has 0 aliphatic carbocycles. The van der Waals surface area contributed by atoms with Crippen molar-refractivity contribution < 1.29 is 14.3 Å². The summed E-state index contributed by atoms with van der Waals surface area (Å²) < 4.78 is 13.6. The van der Waals surface area contributed by atoms with Gasteiger partial charge in [-0.3, -0.25) is 10.1 Å². The summed E-state index contributed by atoms with van der Waals surface area (Å²) in [6.07, 6.45) is 0.392. The summed E-state index contributed by atoms with van der Waals surface area (Å²) in [4.78, 5) is 10.8. The van der Waals surface area contributed by atoms with E-state index in [1.165, 1.54) is 6.07 Å². The van der Waals surface area contributed by atoms with Gasteiger partial charge in [0.05, 0.1) is 4.47 Å². The molecule has 0 saturated heterocycles. The first kappa shape index (κ1) is 10.6. The Kier molecular flexibility index (Phi) is 2.75. The van der Waals surface area contributed by atoms with E-state index in [0.29, 0.717) is 17.4 Å². The van der Waals surface area contributed by atoms with Crippen LogP contribution in [0.3, 0.4) is 0 Å². The maximum Gasteiger partial charge on any atom is 0.321 e. The van der Waals surface area contributed by atoms with Crippen molar-refractivity contribution >= 4 is 21.9 Å². The van der Waals surface area contributed by atoms with E-state index in [2.05, 4.69) is 21.2 Å². The Labute approximate surface area is 94.4 Å². The molecule has 1 unspecified atom stereocenters. The molecule has 2 rings (SSSR count). The van der Waals surface area contributed by atoms with Crippen molar-refractivity contribution in [1.29, 1.82) is 0 Å². The quantitative estimate of drug-likeness (QED) is 0.819. The Morgan fingerprint density at radius 3 is 3.00 bits per heavy atom. The van der Waals surface area contributed by atoms with E-state index in [4.69, 9.17) is 5.11 Å². The van der Waals surface area contributed by atoms with E-state index in [1.807, 2.05) is 0 Å². The second-order valence-corrected chi connectivity index (χ2v) is 4.27. The zero-order valence-corrected chi connectivity index (χ0v) is 9.34. The third-order valence-corrected chi connectivity index (χ3v) is 3.40. The summed E-state index contributed by atoms with van der Waals surface area (Å²) in [5.41, 5.74) is 1.70. The van der Waals surface area contributed by atoms with Gasteiger partial charge in [-0.05, 0) is 39.5 Å². The molecule has 1 aromatic carbocycles. The number of nitrogens with one attached hydrogen (secondary N) is 1. The summed E-state index contributed by atoms with van der Waals surface area (Å²) in [6.45, 7) is 0.380. The molecule has 0 bridgehead atoms. The Bertz CT molecular complexity index is 422. The Morgan fingerprint density at radius 2 is 2.33 bits per heavy atom. The predicted molar refractivity (Wildman–Crippen MR) is 56.1 cm³/mol. The fourth-order valence-corrected chi connectivity index (χ4v) is 2.23. The van der Waals surface area contributed by atoms with E-state index < -0.39 is 12.0 Å². The van der Waals surface area contributed by atoms with Crippen LogP contribution in [0.4, 0.5) is 4.39 Å². The molecule has 2 N–H and O–H groups in total. The number of fused-ring (bicyclic) bond motifs is 1. The summed E-state index contributed by atoms with van der Waals surface area (Å²) >= 11 is 3.16. The van der Waals surface area contributed by atoms with Gasteiger partial charge in [0.25, 0.3) is 0 Å². The van der Waals surface area contributed by atoms with Gasteiger partial charge in [0.15, 0.2) is 0 Å². The maximum atomic E-state index is 13.2. The summed E-state index contributed by atoms with van der Waals surface area (Å²) in [5, 5.41) is 11.7. The second kappa shape index (κ2) is 3.90. The highest BCUT2D eigenvalue weighted by molar-refractivity contribution is 9.10. The minimum absolute atomic E-state index is 0.315. The van der Waals surface area contributed by atoms with Crippen molar-refractivity contribution in [3.8, 4) is 0 Å². The van der Waals surface area contributed by atoms with Crippen LogP contribution in [0.2, 0.25) is 0 Å². The van der Waals surface area contributed by atoms with Crippen molar-refractivity contribution in [2.75, 3.05) is 0 Å². The number of carboxylic acids is 1. The van der Waals surface area contributed by atoms with Crippen LogP contribution >= 0.6 is 15.9 Å². The summed E-state index contributed by atoms with van der Waals surface area (Å²) in [6, 6.07) is 2.43. The molecule has 1 aliphatic heterocycles. The van der Waals surface area contributed by atoms with Crippen molar-refractivity contribution in [2.24, 2.45) is 0 Å². The number of halogens is 2. The standard InChI is InChI=1S/C10H9BrFNO2/c11-9-6-4-13-8(10(14)15)3-5(6)1-2-7(9)12/h1-2,8,13H,3-4H2,(H,14,15). The van der Waals surface area contributed by atoms with Gasteiger partial charge < -0.3 is 5.11 Å². The van der Waals surface area contributed by atoms with E-state index in [-0.39, 0.29) is 5.82 Å². The smallest absolute Gasteiger partial charge is 0.321 e. The summed E-state index contributed by atoms with van der Waals surface area (Å²) in [5.74, 6) is -1.19. The average molecular weight is 274 g/mol. The van der Waals surface area contributed by atoms with Gasteiger partial charge in [-0.25, -0.2) is 4.39 Å². The van der Waals surface area contributed by atoms with Crippen LogP contribution < -0.4 is 5.32 Å². The molecule has 1 heterocycles. The van der Waals surface area contributed by atoms with Gasteiger partial charge in [0.1, 0.15) is 11.9 Å². The molecular weight excluding hydrogens is 265 g/mol. The van der Waals surface area contributed by atoms with Gasteiger partial charge >= 0.3 is 5.97 Å². The monoisotopic (exact) mass is 273 g/mol. The fraction of sp³-hybridized carbons (Fsp3) is 0.300. The number of hydrogen-bond acceptors (Lipinski definition) is 2. The van der Waals surface area contributed by atoms with Gasteiger partial charge in [-0.2, -0.15) is 0 Å². The number of rotatable bonds is 1. The molecule has 1 aliphatic rings. The van der Waals surface area contributed by atoms with E-state index in [9.17, 15) is 9.18 Å². The number of benzene rings is 1. The lowest BCUT2D eigenvalue weighted by Gasteiger charge is -2.24. The van der Waals surface area contributed by atoms with E-state index >= 15 is 0 Å². The van der Waals surface area contributed by atoms with Crippen LogP contribution in [0.1, 0.15) is 11.1 Å². The Balaban J connectivity index is 2.36. The molecule has 80 valence electrons. The fourth-order valence-electron chi connectivity index (χ4n) is 1.71. The summed E-state index contributed by atoms with van der Waals surface area (Å²) in [7, 11) is 0. The highest BCUT2D eigenvalue weighted by Crippen LogP contribution is 2.27. The zero-order chi connectivity index (χ0) is 11.0. The molecule has 0 amide bonds.